The third kappa shape index (κ3) is 4.42. The van der Waals surface area contributed by atoms with Crippen molar-refractivity contribution in [3.8, 4) is 23.0 Å². The molecule has 0 spiro atoms. The number of phenolic OH excluding ortho intramolecular Hbond substituents is 4. The second kappa shape index (κ2) is 6.78. The van der Waals surface area contributed by atoms with Crippen molar-refractivity contribution in [2.75, 3.05) is 13.2 Å². The minimum atomic E-state index is -0.708. The summed E-state index contributed by atoms with van der Waals surface area (Å²) in [4.78, 5) is 0. The summed E-state index contributed by atoms with van der Waals surface area (Å²) in [5.74, 6) is -2.34. The van der Waals surface area contributed by atoms with Crippen molar-refractivity contribution in [1.29, 1.82) is 0 Å². The molecule has 86 valence electrons. The van der Waals surface area contributed by atoms with Gasteiger partial charge in [-0.3, -0.25) is 0 Å². The predicted molar refractivity (Wildman–Crippen MR) is 55.3 cm³/mol. The highest BCUT2D eigenvalue weighted by Gasteiger charge is 2.08. The summed E-state index contributed by atoms with van der Waals surface area (Å²) in [6, 6.07) is 2.15. The Morgan fingerprint density at radius 1 is 0.867 bits per heavy atom. The molecule has 15 heavy (non-hydrogen) atoms. The van der Waals surface area contributed by atoms with Crippen molar-refractivity contribution in [3.05, 3.63) is 12.1 Å². The molecule has 1 aromatic carbocycles. The van der Waals surface area contributed by atoms with Crippen molar-refractivity contribution in [3.63, 3.8) is 0 Å². The molecule has 0 fully saturated rings. The average molecular weight is 216 g/mol. The van der Waals surface area contributed by atoms with Gasteiger partial charge in [0.2, 0.25) is 11.5 Å². The van der Waals surface area contributed by atoms with Crippen molar-refractivity contribution in [2.24, 2.45) is 0 Å². The lowest BCUT2D eigenvalue weighted by Crippen LogP contribution is -1.84. The fraction of sp³-hybridized carbons (Fsp3) is 0.400. The number of benzene rings is 1. The fourth-order valence-corrected chi connectivity index (χ4v) is 0.762. The molecule has 1 rings (SSSR count). The zero-order chi connectivity index (χ0) is 11.8. The van der Waals surface area contributed by atoms with Gasteiger partial charge in [-0.25, -0.2) is 0 Å². The van der Waals surface area contributed by atoms with Gasteiger partial charge in [0.25, 0.3) is 0 Å². The first-order valence-corrected chi connectivity index (χ1v) is 4.55. The Kier molecular flexibility index (Phi) is 6.05. The van der Waals surface area contributed by atoms with Crippen LogP contribution in [0.2, 0.25) is 0 Å². The van der Waals surface area contributed by atoms with Crippen LogP contribution in [-0.2, 0) is 4.74 Å². The van der Waals surface area contributed by atoms with E-state index in [-0.39, 0.29) is 0 Å². The van der Waals surface area contributed by atoms with Gasteiger partial charge in [0.1, 0.15) is 0 Å². The van der Waals surface area contributed by atoms with Gasteiger partial charge in [-0.2, -0.15) is 0 Å². The van der Waals surface area contributed by atoms with Crippen LogP contribution in [0.25, 0.3) is 0 Å². The maximum atomic E-state index is 8.73. The highest BCUT2D eigenvalue weighted by atomic mass is 16.5. The number of hydrogen-bond acceptors (Lipinski definition) is 5. The number of phenols is 4. The van der Waals surface area contributed by atoms with Crippen molar-refractivity contribution >= 4 is 0 Å². The van der Waals surface area contributed by atoms with E-state index in [1.807, 2.05) is 13.8 Å². The predicted octanol–water partition coefficient (Wildman–Crippen LogP) is 1.55. The van der Waals surface area contributed by atoms with Crippen LogP contribution in [0.4, 0.5) is 0 Å². The van der Waals surface area contributed by atoms with E-state index in [2.05, 4.69) is 0 Å². The molecular weight excluding hydrogens is 200 g/mol. The molecule has 0 aliphatic rings. The van der Waals surface area contributed by atoms with Crippen LogP contribution in [0, 0.1) is 0 Å². The Balaban J connectivity index is 0.000000336. The molecule has 0 saturated carbocycles. The highest BCUT2D eigenvalue weighted by molar-refractivity contribution is 5.55. The summed E-state index contributed by atoms with van der Waals surface area (Å²) in [5.41, 5.74) is 0. The van der Waals surface area contributed by atoms with E-state index in [0.29, 0.717) is 0 Å². The Bertz CT molecular complexity index is 269. The molecule has 0 bridgehead atoms. The minimum Gasteiger partial charge on any atom is -0.504 e. The minimum absolute atomic E-state index is 0.463. The maximum absolute atomic E-state index is 8.73. The molecule has 0 amide bonds. The first-order chi connectivity index (χ1) is 7.04. The molecule has 5 nitrogen and oxygen atoms in total. The van der Waals surface area contributed by atoms with E-state index < -0.39 is 23.0 Å². The normalized spacial score (nSPS) is 9.20. The fourth-order valence-electron chi connectivity index (χ4n) is 0.762. The molecule has 0 heterocycles. The largest absolute Gasteiger partial charge is 0.504 e. The van der Waals surface area contributed by atoms with E-state index in [1.165, 1.54) is 0 Å². The Hall–Kier alpha value is -1.62. The van der Waals surface area contributed by atoms with Gasteiger partial charge in [0.15, 0.2) is 11.5 Å². The molecule has 0 unspecified atom stereocenters. The van der Waals surface area contributed by atoms with Gasteiger partial charge in [-0.15, -0.1) is 0 Å². The van der Waals surface area contributed by atoms with Gasteiger partial charge in [-0.1, -0.05) is 0 Å². The van der Waals surface area contributed by atoms with Crippen molar-refractivity contribution in [2.45, 2.75) is 13.8 Å². The number of hydrogen-bond donors (Lipinski definition) is 4. The van der Waals surface area contributed by atoms with E-state index in [4.69, 9.17) is 25.2 Å². The molecule has 0 aliphatic heterocycles. The van der Waals surface area contributed by atoms with Crippen molar-refractivity contribution in [1.82, 2.24) is 0 Å². The van der Waals surface area contributed by atoms with Gasteiger partial charge >= 0.3 is 0 Å². The lowest BCUT2D eigenvalue weighted by atomic mass is 10.3. The molecule has 5 heteroatoms. The zero-order valence-electron chi connectivity index (χ0n) is 8.77. The number of aromatic hydroxyl groups is 4. The monoisotopic (exact) mass is 216 g/mol. The summed E-state index contributed by atoms with van der Waals surface area (Å²) in [7, 11) is 0. The van der Waals surface area contributed by atoms with Crippen LogP contribution in [0.1, 0.15) is 13.8 Å². The number of ether oxygens (including phenoxy) is 1. The van der Waals surface area contributed by atoms with Crippen LogP contribution < -0.4 is 0 Å². The summed E-state index contributed by atoms with van der Waals surface area (Å²) >= 11 is 0. The summed E-state index contributed by atoms with van der Waals surface area (Å²) < 4.78 is 4.83. The van der Waals surface area contributed by atoms with Crippen LogP contribution in [0.15, 0.2) is 12.1 Å². The highest BCUT2D eigenvalue weighted by Crippen LogP contribution is 2.40. The topological polar surface area (TPSA) is 90.2 Å². The lowest BCUT2D eigenvalue weighted by molar-refractivity contribution is 0.162. The maximum Gasteiger partial charge on any atom is 0.204 e. The molecule has 0 radical (unpaired) electrons. The SMILES string of the molecule is CCOCC.Oc1ccc(O)c(O)c1O. The first kappa shape index (κ1) is 13.4. The Morgan fingerprint density at radius 2 is 1.20 bits per heavy atom. The lowest BCUT2D eigenvalue weighted by Gasteiger charge is -2.00. The summed E-state index contributed by atoms with van der Waals surface area (Å²) in [5, 5.41) is 34.9. The second-order valence-corrected chi connectivity index (χ2v) is 2.58. The molecule has 0 aromatic heterocycles. The molecule has 0 saturated heterocycles. The van der Waals surface area contributed by atoms with Crippen LogP contribution in [0.3, 0.4) is 0 Å². The zero-order valence-corrected chi connectivity index (χ0v) is 8.77. The Labute approximate surface area is 88.2 Å². The Morgan fingerprint density at radius 3 is 1.40 bits per heavy atom. The molecule has 4 N–H and O–H groups in total. The number of rotatable bonds is 2. The van der Waals surface area contributed by atoms with E-state index in [0.717, 1.165) is 25.3 Å². The third-order valence-electron chi connectivity index (χ3n) is 1.52. The molecule has 1 aromatic rings. The summed E-state index contributed by atoms with van der Waals surface area (Å²) in [6.07, 6.45) is 0. The van der Waals surface area contributed by atoms with E-state index >= 15 is 0 Å². The molecule has 0 aliphatic carbocycles. The quantitative estimate of drug-likeness (QED) is 0.445. The van der Waals surface area contributed by atoms with Gasteiger partial charge in [0, 0.05) is 13.2 Å². The van der Waals surface area contributed by atoms with E-state index in [9.17, 15) is 0 Å². The second-order valence-electron chi connectivity index (χ2n) is 2.58. The van der Waals surface area contributed by atoms with E-state index in [1.54, 1.807) is 0 Å². The average Bonchev–Trinajstić information content (AvgIpc) is 2.23. The molecular formula is C10H16O5. The van der Waals surface area contributed by atoms with Crippen molar-refractivity contribution < 1.29 is 25.2 Å². The molecule has 0 atom stereocenters. The van der Waals surface area contributed by atoms with Crippen LogP contribution in [0.5, 0.6) is 23.0 Å². The van der Waals surface area contributed by atoms with Crippen LogP contribution in [-0.4, -0.2) is 33.6 Å². The third-order valence-corrected chi connectivity index (χ3v) is 1.52. The van der Waals surface area contributed by atoms with Gasteiger partial charge in [0.05, 0.1) is 0 Å². The summed E-state index contributed by atoms with van der Waals surface area (Å²) in [6.45, 7) is 5.67. The first-order valence-electron chi connectivity index (χ1n) is 4.55. The van der Waals surface area contributed by atoms with Gasteiger partial charge in [-0.05, 0) is 26.0 Å². The standard InChI is InChI=1S/C6H6O4.C4H10O/c7-3-1-2-4(8)6(10)5(3)9;1-3-5-4-2/h1-2,7-10H;3-4H2,1-2H3. The van der Waals surface area contributed by atoms with Crippen LogP contribution >= 0.6 is 0 Å². The smallest absolute Gasteiger partial charge is 0.204 e. The van der Waals surface area contributed by atoms with Gasteiger partial charge < -0.3 is 25.2 Å².